The van der Waals surface area contributed by atoms with Crippen LogP contribution in [0, 0.1) is 12.8 Å². The first-order valence-electron chi connectivity index (χ1n) is 9.92. The fourth-order valence-corrected chi connectivity index (χ4v) is 3.62. The Bertz CT molecular complexity index is 1040. The minimum atomic E-state index is -0.115. The van der Waals surface area contributed by atoms with Gasteiger partial charge in [-0.05, 0) is 47.7 Å². The van der Waals surface area contributed by atoms with Crippen LogP contribution < -0.4 is 10.6 Å². The smallest absolute Gasteiger partial charge is 0.253 e. The van der Waals surface area contributed by atoms with Gasteiger partial charge in [-0.15, -0.1) is 11.3 Å². The molecule has 0 spiro atoms. The van der Waals surface area contributed by atoms with Gasteiger partial charge < -0.3 is 10.6 Å². The standard InChI is InChI=1S/C25H26N2O2S/c1-17(2)24(28)27-21-11-9-19(10-12-21)16-26-25(29)22(23-8-5-13-30-23)15-20-7-4-6-18(3)14-20/h4-15,17H,16H2,1-3H3,(H,26,29)(H,27,28)/b22-15+. The van der Waals surface area contributed by atoms with E-state index in [1.165, 1.54) is 0 Å². The lowest BCUT2D eigenvalue weighted by molar-refractivity contribution is -0.119. The summed E-state index contributed by atoms with van der Waals surface area (Å²) in [7, 11) is 0. The van der Waals surface area contributed by atoms with Crippen molar-refractivity contribution < 1.29 is 9.59 Å². The lowest BCUT2D eigenvalue weighted by Gasteiger charge is -2.10. The number of aryl methyl sites for hydroxylation is 1. The van der Waals surface area contributed by atoms with Crippen molar-refractivity contribution in [1.82, 2.24) is 5.32 Å². The van der Waals surface area contributed by atoms with Crippen LogP contribution in [0.4, 0.5) is 5.69 Å². The molecule has 0 radical (unpaired) electrons. The van der Waals surface area contributed by atoms with Crippen LogP contribution in [0.25, 0.3) is 11.6 Å². The van der Waals surface area contributed by atoms with E-state index < -0.39 is 0 Å². The molecule has 0 aliphatic heterocycles. The van der Waals surface area contributed by atoms with Crippen molar-refractivity contribution in [3.8, 4) is 0 Å². The van der Waals surface area contributed by atoms with Crippen LogP contribution in [0.5, 0.6) is 0 Å². The third-order valence-electron chi connectivity index (χ3n) is 4.58. The molecule has 1 aromatic heterocycles. The Morgan fingerprint density at radius 3 is 2.43 bits per heavy atom. The first-order chi connectivity index (χ1) is 14.4. The third-order valence-corrected chi connectivity index (χ3v) is 5.49. The van der Waals surface area contributed by atoms with E-state index in [1.54, 1.807) is 11.3 Å². The number of hydrogen-bond acceptors (Lipinski definition) is 3. The van der Waals surface area contributed by atoms with E-state index in [9.17, 15) is 9.59 Å². The Labute approximate surface area is 181 Å². The van der Waals surface area contributed by atoms with Gasteiger partial charge in [0.15, 0.2) is 0 Å². The van der Waals surface area contributed by atoms with E-state index in [2.05, 4.69) is 16.7 Å². The molecule has 0 aliphatic carbocycles. The van der Waals surface area contributed by atoms with Crippen molar-refractivity contribution in [2.24, 2.45) is 5.92 Å². The second kappa shape index (κ2) is 10.0. The van der Waals surface area contributed by atoms with Crippen molar-refractivity contribution in [2.75, 3.05) is 5.32 Å². The van der Waals surface area contributed by atoms with E-state index in [4.69, 9.17) is 0 Å². The average molecular weight is 419 g/mol. The third kappa shape index (κ3) is 5.91. The molecule has 2 amide bonds. The summed E-state index contributed by atoms with van der Waals surface area (Å²) in [5, 5.41) is 7.85. The summed E-state index contributed by atoms with van der Waals surface area (Å²) in [5.74, 6) is -0.200. The summed E-state index contributed by atoms with van der Waals surface area (Å²) in [6.07, 6.45) is 1.93. The van der Waals surface area contributed by atoms with Crippen LogP contribution >= 0.6 is 11.3 Å². The van der Waals surface area contributed by atoms with Gasteiger partial charge in [-0.2, -0.15) is 0 Å². The first-order valence-corrected chi connectivity index (χ1v) is 10.8. The highest BCUT2D eigenvalue weighted by Gasteiger charge is 2.13. The highest BCUT2D eigenvalue weighted by molar-refractivity contribution is 7.11. The quantitative estimate of drug-likeness (QED) is 0.497. The maximum atomic E-state index is 13.0. The fraction of sp³-hybridized carbons (Fsp3) is 0.200. The van der Waals surface area contributed by atoms with Crippen LogP contribution in [0.15, 0.2) is 66.0 Å². The van der Waals surface area contributed by atoms with Crippen molar-refractivity contribution >= 4 is 40.5 Å². The number of carbonyl (C=O) groups excluding carboxylic acids is 2. The lowest BCUT2D eigenvalue weighted by atomic mass is 10.1. The normalized spacial score (nSPS) is 11.4. The van der Waals surface area contributed by atoms with Crippen molar-refractivity contribution in [3.05, 3.63) is 87.6 Å². The van der Waals surface area contributed by atoms with E-state index in [1.807, 2.05) is 86.8 Å². The number of amides is 2. The first kappa shape index (κ1) is 21.5. The molecule has 154 valence electrons. The maximum absolute atomic E-state index is 13.0. The molecule has 4 nitrogen and oxygen atoms in total. The number of nitrogens with one attached hydrogen (secondary N) is 2. The number of carbonyl (C=O) groups is 2. The van der Waals surface area contributed by atoms with Gasteiger partial charge in [0.2, 0.25) is 5.91 Å². The van der Waals surface area contributed by atoms with Gasteiger partial charge in [0.1, 0.15) is 0 Å². The molecular weight excluding hydrogens is 392 g/mol. The van der Waals surface area contributed by atoms with Crippen LogP contribution in [-0.4, -0.2) is 11.8 Å². The molecule has 0 unspecified atom stereocenters. The van der Waals surface area contributed by atoms with Crippen LogP contribution in [0.3, 0.4) is 0 Å². The van der Waals surface area contributed by atoms with Gasteiger partial charge in [-0.25, -0.2) is 0 Å². The fourth-order valence-electron chi connectivity index (χ4n) is 2.88. The zero-order valence-corrected chi connectivity index (χ0v) is 18.3. The minimum absolute atomic E-state index is 0.0158. The Morgan fingerprint density at radius 1 is 1.03 bits per heavy atom. The van der Waals surface area contributed by atoms with Crippen molar-refractivity contribution in [2.45, 2.75) is 27.3 Å². The number of hydrogen-bond donors (Lipinski definition) is 2. The maximum Gasteiger partial charge on any atom is 0.253 e. The summed E-state index contributed by atoms with van der Waals surface area (Å²) >= 11 is 1.55. The van der Waals surface area contributed by atoms with E-state index in [0.29, 0.717) is 12.1 Å². The lowest BCUT2D eigenvalue weighted by Crippen LogP contribution is -2.23. The molecule has 0 fully saturated rings. The number of anilines is 1. The summed E-state index contributed by atoms with van der Waals surface area (Å²) in [5.41, 5.74) is 4.52. The largest absolute Gasteiger partial charge is 0.348 e. The Morgan fingerprint density at radius 2 is 1.80 bits per heavy atom. The second-order valence-corrected chi connectivity index (χ2v) is 8.42. The van der Waals surface area contributed by atoms with Gasteiger partial charge in [0.05, 0.1) is 5.57 Å². The molecule has 3 rings (SSSR count). The Hall–Kier alpha value is -3.18. The molecule has 5 heteroatoms. The molecule has 30 heavy (non-hydrogen) atoms. The zero-order valence-electron chi connectivity index (χ0n) is 17.4. The summed E-state index contributed by atoms with van der Waals surface area (Å²) in [6.45, 7) is 6.16. The van der Waals surface area contributed by atoms with Crippen LogP contribution in [0.2, 0.25) is 0 Å². The molecular formula is C25H26N2O2S. The second-order valence-electron chi connectivity index (χ2n) is 7.47. The molecule has 0 atom stereocenters. The van der Waals surface area contributed by atoms with Crippen LogP contribution in [-0.2, 0) is 16.1 Å². The average Bonchev–Trinajstić information content (AvgIpc) is 3.25. The Balaban J connectivity index is 1.70. The molecule has 3 aromatic rings. The molecule has 0 bridgehead atoms. The number of thiophene rings is 1. The van der Waals surface area contributed by atoms with Crippen molar-refractivity contribution in [3.63, 3.8) is 0 Å². The Kier molecular flexibility index (Phi) is 7.20. The molecule has 2 aromatic carbocycles. The molecule has 0 saturated carbocycles. The molecule has 0 saturated heterocycles. The topological polar surface area (TPSA) is 58.2 Å². The minimum Gasteiger partial charge on any atom is -0.348 e. The summed E-state index contributed by atoms with van der Waals surface area (Å²) in [4.78, 5) is 25.7. The van der Waals surface area contributed by atoms with E-state index >= 15 is 0 Å². The van der Waals surface area contributed by atoms with Crippen molar-refractivity contribution in [1.29, 1.82) is 0 Å². The predicted molar refractivity (Wildman–Crippen MR) is 125 cm³/mol. The number of benzene rings is 2. The zero-order chi connectivity index (χ0) is 21.5. The highest BCUT2D eigenvalue weighted by atomic mass is 32.1. The van der Waals surface area contributed by atoms with Gasteiger partial charge in [0, 0.05) is 23.0 Å². The van der Waals surface area contributed by atoms with Gasteiger partial charge in [-0.3, -0.25) is 9.59 Å². The summed E-state index contributed by atoms with van der Waals surface area (Å²) in [6, 6.07) is 19.5. The van der Waals surface area contributed by atoms with E-state index in [0.717, 1.165) is 27.3 Å². The van der Waals surface area contributed by atoms with E-state index in [-0.39, 0.29) is 17.7 Å². The summed E-state index contributed by atoms with van der Waals surface area (Å²) < 4.78 is 0. The molecule has 1 heterocycles. The number of rotatable bonds is 7. The molecule has 2 N–H and O–H groups in total. The highest BCUT2D eigenvalue weighted by Crippen LogP contribution is 2.24. The van der Waals surface area contributed by atoms with Gasteiger partial charge in [-0.1, -0.05) is 61.9 Å². The SMILES string of the molecule is Cc1cccc(/C=C(/C(=O)NCc2ccc(NC(=O)C(C)C)cc2)c2cccs2)c1. The molecule has 0 aliphatic rings. The predicted octanol–water partition coefficient (Wildman–Crippen LogP) is 5.51. The monoisotopic (exact) mass is 418 g/mol. The van der Waals surface area contributed by atoms with Gasteiger partial charge >= 0.3 is 0 Å². The van der Waals surface area contributed by atoms with Gasteiger partial charge in [0.25, 0.3) is 5.91 Å². The van der Waals surface area contributed by atoms with Crippen LogP contribution in [0.1, 0.15) is 35.4 Å².